The van der Waals surface area contributed by atoms with E-state index in [1.54, 1.807) is 12.3 Å². The van der Waals surface area contributed by atoms with E-state index >= 15 is 0 Å². The summed E-state index contributed by atoms with van der Waals surface area (Å²) in [6.07, 6.45) is -1.00. The standard InChI is InChI=1S/C14H14F3N3/c15-14(16,17)10-3-1-2-9(6-10)12-8-20-5-4-11(18)7-13(20)19-12/h1-3,6,8,11H,4-5,7,18H2. The highest BCUT2D eigenvalue weighted by molar-refractivity contribution is 5.60. The largest absolute Gasteiger partial charge is 0.416 e. The number of hydrogen-bond acceptors (Lipinski definition) is 2. The fourth-order valence-corrected chi connectivity index (χ4v) is 2.45. The summed E-state index contributed by atoms with van der Waals surface area (Å²) in [4.78, 5) is 4.41. The highest BCUT2D eigenvalue weighted by Gasteiger charge is 2.30. The van der Waals surface area contributed by atoms with E-state index < -0.39 is 11.7 Å². The normalized spacial score (nSPS) is 18.9. The van der Waals surface area contributed by atoms with Gasteiger partial charge in [-0.25, -0.2) is 4.98 Å². The van der Waals surface area contributed by atoms with Gasteiger partial charge >= 0.3 is 6.18 Å². The van der Waals surface area contributed by atoms with Gasteiger partial charge in [0.1, 0.15) is 5.82 Å². The van der Waals surface area contributed by atoms with Gasteiger partial charge in [0.25, 0.3) is 0 Å². The van der Waals surface area contributed by atoms with Gasteiger partial charge in [0.15, 0.2) is 0 Å². The number of nitrogens with zero attached hydrogens (tertiary/aromatic N) is 2. The van der Waals surface area contributed by atoms with Gasteiger partial charge < -0.3 is 10.3 Å². The van der Waals surface area contributed by atoms with Crippen LogP contribution in [-0.4, -0.2) is 15.6 Å². The SMILES string of the molecule is NC1CCn2cc(-c3cccc(C(F)(F)F)c3)nc2C1. The zero-order valence-electron chi connectivity index (χ0n) is 10.7. The van der Waals surface area contributed by atoms with Crippen molar-refractivity contribution < 1.29 is 13.2 Å². The molecule has 2 heterocycles. The lowest BCUT2D eigenvalue weighted by Crippen LogP contribution is -2.30. The molecule has 1 aromatic carbocycles. The Morgan fingerprint density at radius 2 is 2.10 bits per heavy atom. The predicted octanol–water partition coefficient (Wildman–Crippen LogP) is 2.84. The van der Waals surface area contributed by atoms with E-state index in [1.807, 2.05) is 4.57 Å². The third-order valence-electron chi connectivity index (χ3n) is 3.53. The van der Waals surface area contributed by atoms with Crippen LogP contribution in [0.5, 0.6) is 0 Å². The Balaban J connectivity index is 1.98. The second-order valence-electron chi connectivity index (χ2n) is 5.07. The van der Waals surface area contributed by atoms with Crippen molar-refractivity contribution in [2.45, 2.75) is 31.6 Å². The summed E-state index contributed by atoms with van der Waals surface area (Å²) in [5.74, 6) is 0.844. The van der Waals surface area contributed by atoms with Gasteiger partial charge in [-0.15, -0.1) is 0 Å². The Labute approximate surface area is 114 Å². The van der Waals surface area contributed by atoms with Crippen LogP contribution in [0.2, 0.25) is 0 Å². The fourth-order valence-electron chi connectivity index (χ4n) is 2.45. The van der Waals surface area contributed by atoms with Crippen LogP contribution in [0.4, 0.5) is 13.2 Å². The van der Waals surface area contributed by atoms with Crippen molar-refractivity contribution >= 4 is 0 Å². The monoisotopic (exact) mass is 281 g/mol. The number of halogens is 3. The highest BCUT2D eigenvalue weighted by atomic mass is 19.4. The first-order chi connectivity index (χ1) is 9.43. The zero-order valence-corrected chi connectivity index (χ0v) is 10.7. The maximum absolute atomic E-state index is 12.7. The van der Waals surface area contributed by atoms with Crippen molar-refractivity contribution in [1.82, 2.24) is 9.55 Å². The summed E-state index contributed by atoms with van der Waals surface area (Å²) in [6, 6.07) is 5.33. The Hall–Kier alpha value is -1.82. The second kappa shape index (κ2) is 4.63. The molecule has 0 aliphatic carbocycles. The molecule has 0 spiro atoms. The van der Waals surface area contributed by atoms with Gasteiger partial charge in [-0.05, 0) is 18.6 Å². The number of aromatic nitrogens is 2. The molecule has 0 fully saturated rings. The van der Waals surface area contributed by atoms with Crippen molar-refractivity contribution in [2.24, 2.45) is 5.73 Å². The molecule has 1 aromatic heterocycles. The van der Waals surface area contributed by atoms with Crippen LogP contribution in [0.3, 0.4) is 0 Å². The Kier molecular flexibility index (Phi) is 3.05. The molecule has 3 nitrogen and oxygen atoms in total. The average molecular weight is 281 g/mol. The average Bonchev–Trinajstić information content (AvgIpc) is 2.81. The van der Waals surface area contributed by atoms with Gasteiger partial charge in [0.05, 0.1) is 11.3 Å². The number of aryl methyl sites for hydroxylation is 1. The zero-order chi connectivity index (χ0) is 14.3. The molecule has 6 heteroatoms. The summed E-state index contributed by atoms with van der Waals surface area (Å²) in [7, 11) is 0. The van der Waals surface area contributed by atoms with Crippen molar-refractivity contribution in [3.8, 4) is 11.3 Å². The molecule has 1 aliphatic rings. The van der Waals surface area contributed by atoms with E-state index in [1.165, 1.54) is 6.07 Å². The van der Waals surface area contributed by atoms with Gasteiger partial charge in [0.2, 0.25) is 0 Å². The molecule has 0 amide bonds. The van der Waals surface area contributed by atoms with Crippen LogP contribution >= 0.6 is 0 Å². The summed E-state index contributed by atoms with van der Waals surface area (Å²) in [6.45, 7) is 0.766. The first-order valence-electron chi connectivity index (χ1n) is 6.43. The van der Waals surface area contributed by atoms with Gasteiger partial charge in [0, 0.05) is 30.8 Å². The van der Waals surface area contributed by atoms with Gasteiger partial charge in [-0.3, -0.25) is 0 Å². The third-order valence-corrected chi connectivity index (χ3v) is 3.53. The molecule has 0 radical (unpaired) electrons. The second-order valence-corrected chi connectivity index (χ2v) is 5.07. The number of nitrogens with two attached hydrogens (primary N) is 1. The molecule has 0 saturated heterocycles. The van der Waals surface area contributed by atoms with Crippen LogP contribution in [0.1, 0.15) is 17.8 Å². The third kappa shape index (κ3) is 2.43. The van der Waals surface area contributed by atoms with Gasteiger partial charge in [-0.1, -0.05) is 12.1 Å². The lowest BCUT2D eigenvalue weighted by atomic mass is 10.1. The summed E-state index contributed by atoms with van der Waals surface area (Å²) < 4.78 is 40.1. The topological polar surface area (TPSA) is 43.8 Å². The van der Waals surface area contributed by atoms with E-state index in [9.17, 15) is 13.2 Å². The summed E-state index contributed by atoms with van der Waals surface area (Å²) in [5, 5.41) is 0. The number of fused-ring (bicyclic) bond motifs is 1. The molecule has 3 rings (SSSR count). The number of benzene rings is 1. The van der Waals surface area contributed by atoms with Crippen LogP contribution in [0.15, 0.2) is 30.5 Å². The van der Waals surface area contributed by atoms with Gasteiger partial charge in [-0.2, -0.15) is 13.2 Å². The molecule has 106 valence electrons. The van der Waals surface area contributed by atoms with E-state index in [0.29, 0.717) is 17.7 Å². The number of imidazole rings is 1. The fraction of sp³-hybridized carbons (Fsp3) is 0.357. The minimum absolute atomic E-state index is 0.0826. The minimum Gasteiger partial charge on any atom is -0.334 e. The Morgan fingerprint density at radius 3 is 2.85 bits per heavy atom. The molecule has 0 saturated carbocycles. The van der Waals surface area contributed by atoms with E-state index in [4.69, 9.17) is 5.73 Å². The quantitative estimate of drug-likeness (QED) is 0.873. The molecule has 1 aliphatic heterocycles. The number of rotatable bonds is 1. The molecule has 0 bridgehead atoms. The van der Waals surface area contributed by atoms with Crippen LogP contribution < -0.4 is 5.73 Å². The van der Waals surface area contributed by atoms with Crippen LogP contribution in [0, 0.1) is 0 Å². The number of alkyl halides is 3. The molecular formula is C14H14F3N3. The highest BCUT2D eigenvalue weighted by Crippen LogP contribution is 2.32. The predicted molar refractivity (Wildman–Crippen MR) is 69.0 cm³/mol. The minimum atomic E-state index is -4.34. The first-order valence-corrected chi connectivity index (χ1v) is 6.43. The van der Waals surface area contributed by atoms with Crippen molar-refractivity contribution in [3.05, 3.63) is 41.9 Å². The van der Waals surface area contributed by atoms with Crippen molar-refractivity contribution in [1.29, 1.82) is 0 Å². The Morgan fingerprint density at radius 1 is 1.30 bits per heavy atom. The molecule has 2 N–H and O–H groups in total. The van der Waals surface area contributed by atoms with Crippen LogP contribution in [0.25, 0.3) is 11.3 Å². The molecule has 2 aromatic rings. The number of hydrogen-bond donors (Lipinski definition) is 1. The first kappa shape index (κ1) is 13.2. The van der Waals surface area contributed by atoms with E-state index in [0.717, 1.165) is 30.9 Å². The summed E-state index contributed by atoms with van der Waals surface area (Å²) in [5.41, 5.74) is 6.27. The molecule has 20 heavy (non-hydrogen) atoms. The Bertz CT molecular complexity index is 631. The smallest absolute Gasteiger partial charge is 0.334 e. The molecule has 1 atom stereocenters. The van der Waals surface area contributed by atoms with E-state index in [-0.39, 0.29) is 6.04 Å². The lowest BCUT2D eigenvalue weighted by Gasteiger charge is -2.18. The van der Waals surface area contributed by atoms with E-state index in [2.05, 4.69) is 4.98 Å². The maximum Gasteiger partial charge on any atom is 0.416 e. The van der Waals surface area contributed by atoms with Crippen LogP contribution in [-0.2, 0) is 19.1 Å². The van der Waals surface area contributed by atoms with Crippen molar-refractivity contribution in [3.63, 3.8) is 0 Å². The van der Waals surface area contributed by atoms with Crippen molar-refractivity contribution in [2.75, 3.05) is 0 Å². The maximum atomic E-state index is 12.7. The molecule has 1 unspecified atom stereocenters. The summed E-state index contributed by atoms with van der Waals surface area (Å²) >= 11 is 0. The molecular weight excluding hydrogens is 267 g/mol. The lowest BCUT2D eigenvalue weighted by molar-refractivity contribution is -0.137.